The van der Waals surface area contributed by atoms with Crippen molar-refractivity contribution in [3.05, 3.63) is 52.0 Å². The molecule has 0 saturated heterocycles. The van der Waals surface area contributed by atoms with Crippen molar-refractivity contribution in [1.82, 2.24) is 0 Å². The van der Waals surface area contributed by atoms with E-state index >= 15 is 0 Å². The van der Waals surface area contributed by atoms with Gasteiger partial charge in [0.15, 0.2) is 5.11 Å². The summed E-state index contributed by atoms with van der Waals surface area (Å²) in [6.07, 6.45) is 0. The molecule has 2 aromatic rings. The highest BCUT2D eigenvalue weighted by Crippen LogP contribution is 2.31. The molecule has 0 aliphatic heterocycles. The monoisotopic (exact) mass is 340 g/mol. The van der Waals surface area contributed by atoms with Gasteiger partial charge in [-0.1, -0.05) is 23.2 Å². The van der Waals surface area contributed by atoms with Gasteiger partial charge in [0, 0.05) is 21.8 Å². The second-order valence-electron chi connectivity index (χ2n) is 4.39. The average molecular weight is 341 g/mol. The molecule has 0 amide bonds. The summed E-state index contributed by atoms with van der Waals surface area (Å²) in [6, 6.07) is 10.9. The standard InChI is InChI=1S/C15H14Cl2N2OS/c1-9-7-13(14(20-2)8-12(9)17)19-15(21)18-11-5-3-10(16)4-6-11/h3-8H,1-2H3,(H2,18,19,21). The Hall–Kier alpha value is -1.49. The van der Waals surface area contributed by atoms with Gasteiger partial charge in [-0.15, -0.1) is 0 Å². The maximum Gasteiger partial charge on any atom is 0.175 e. The molecule has 0 aliphatic carbocycles. The lowest BCUT2D eigenvalue weighted by Gasteiger charge is -2.15. The number of hydrogen-bond acceptors (Lipinski definition) is 2. The molecule has 3 nitrogen and oxygen atoms in total. The number of anilines is 2. The van der Waals surface area contributed by atoms with Crippen LogP contribution in [0.4, 0.5) is 11.4 Å². The minimum atomic E-state index is 0.456. The van der Waals surface area contributed by atoms with Crippen LogP contribution in [0.5, 0.6) is 5.75 Å². The smallest absolute Gasteiger partial charge is 0.175 e. The van der Waals surface area contributed by atoms with E-state index in [2.05, 4.69) is 10.6 Å². The Morgan fingerprint density at radius 1 is 1.10 bits per heavy atom. The van der Waals surface area contributed by atoms with E-state index in [1.165, 1.54) is 0 Å². The first-order chi connectivity index (χ1) is 9.99. The molecule has 2 rings (SSSR count). The van der Waals surface area contributed by atoms with Crippen molar-refractivity contribution in [2.24, 2.45) is 0 Å². The number of methoxy groups -OCH3 is 1. The molecule has 0 spiro atoms. The van der Waals surface area contributed by atoms with Crippen LogP contribution in [0.3, 0.4) is 0 Å². The molecule has 0 aliphatic rings. The van der Waals surface area contributed by atoms with Crippen molar-refractivity contribution in [1.29, 1.82) is 0 Å². The Labute approximate surface area is 139 Å². The first kappa shape index (κ1) is 15.9. The third kappa shape index (κ3) is 4.24. The van der Waals surface area contributed by atoms with Crippen LogP contribution in [-0.4, -0.2) is 12.2 Å². The highest BCUT2D eigenvalue weighted by atomic mass is 35.5. The number of nitrogens with one attached hydrogen (secondary N) is 2. The fourth-order valence-corrected chi connectivity index (χ4v) is 2.26. The fourth-order valence-electron chi connectivity index (χ4n) is 1.75. The van der Waals surface area contributed by atoms with Crippen molar-refractivity contribution in [2.75, 3.05) is 17.7 Å². The van der Waals surface area contributed by atoms with E-state index in [9.17, 15) is 0 Å². The summed E-state index contributed by atoms with van der Waals surface area (Å²) in [4.78, 5) is 0. The molecule has 0 unspecified atom stereocenters. The zero-order valence-corrected chi connectivity index (χ0v) is 13.9. The summed E-state index contributed by atoms with van der Waals surface area (Å²) in [6.45, 7) is 1.92. The van der Waals surface area contributed by atoms with Gasteiger partial charge in [-0.2, -0.15) is 0 Å². The van der Waals surface area contributed by atoms with E-state index in [1.54, 1.807) is 25.3 Å². The maximum absolute atomic E-state index is 6.08. The third-order valence-corrected chi connectivity index (χ3v) is 3.69. The first-order valence-corrected chi connectivity index (χ1v) is 7.33. The second kappa shape index (κ2) is 6.98. The average Bonchev–Trinajstić information content (AvgIpc) is 2.45. The van der Waals surface area contributed by atoms with Gasteiger partial charge in [-0.25, -0.2) is 0 Å². The van der Waals surface area contributed by atoms with E-state index in [0.29, 0.717) is 20.9 Å². The number of rotatable bonds is 3. The summed E-state index contributed by atoms with van der Waals surface area (Å²) in [5, 5.41) is 7.95. The van der Waals surface area contributed by atoms with E-state index in [4.69, 9.17) is 40.2 Å². The van der Waals surface area contributed by atoms with Crippen molar-refractivity contribution in [2.45, 2.75) is 6.92 Å². The highest BCUT2D eigenvalue weighted by molar-refractivity contribution is 7.80. The Morgan fingerprint density at radius 2 is 1.76 bits per heavy atom. The van der Waals surface area contributed by atoms with E-state index in [-0.39, 0.29) is 0 Å². The zero-order valence-electron chi connectivity index (χ0n) is 11.5. The summed E-state index contributed by atoms with van der Waals surface area (Å²) < 4.78 is 5.30. The van der Waals surface area contributed by atoms with Gasteiger partial charge >= 0.3 is 0 Å². The number of hydrogen-bond donors (Lipinski definition) is 2. The SMILES string of the molecule is COc1cc(Cl)c(C)cc1NC(=S)Nc1ccc(Cl)cc1. The Balaban J connectivity index is 2.12. The zero-order chi connectivity index (χ0) is 15.4. The van der Waals surface area contributed by atoms with Gasteiger partial charge in [0.1, 0.15) is 5.75 Å². The maximum atomic E-state index is 6.08. The van der Waals surface area contributed by atoms with Crippen LogP contribution in [0, 0.1) is 6.92 Å². The number of benzene rings is 2. The summed E-state index contributed by atoms with van der Waals surface area (Å²) in [5.74, 6) is 0.630. The minimum absolute atomic E-state index is 0.456. The molecule has 0 atom stereocenters. The van der Waals surface area contributed by atoms with Gasteiger partial charge in [-0.05, 0) is 55.0 Å². The highest BCUT2D eigenvalue weighted by Gasteiger charge is 2.08. The van der Waals surface area contributed by atoms with Crippen molar-refractivity contribution >= 4 is 51.9 Å². The second-order valence-corrected chi connectivity index (χ2v) is 5.64. The predicted octanol–water partition coefficient (Wildman–Crippen LogP) is 5.12. The van der Waals surface area contributed by atoms with Crippen molar-refractivity contribution < 1.29 is 4.74 Å². The Kier molecular flexibility index (Phi) is 5.28. The lowest BCUT2D eigenvalue weighted by molar-refractivity contribution is 0.417. The fraction of sp³-hybridized carbons (Fsp3) is 0.133. The van der Waals surface area contributed by atoms with Gasteiger partial charge in [0.25, 0.3) is 0 Å². The summed E-state index contributed by atoms with van der Waals surface area (Å²) >= 11 is 17.2. The molecular formula is C15H14Cl2N2OS. The molecular weight excluding hydrogens is 327 g/mol. The van der Waals surface area contributed by atoms with Crippen LogP contribution >= 0.6 is 35.4 Å². The van der Waals surface area contributed by atoms with Gasteiger partial charge in [0.05, 0.1) is 12.8 Å². The molecule has 0 radical (unpaired) electrons. The molecule has 0 aromatic heterocycles. The first-order valence-electron chi connectivity index (χ1n) is 6.17. The summed E-state index contributed by atoms with van der Waals surface area (Å²) in [7, 11) is 1.59. The lowest BCUT2D eigenvalue weighted by atomic mass is 10.2. The largest absolute Gasteiger partial charge is 0.495 e. The molecule has 0 fully saturated rings. The predicted molar refractivity (Wildman–Crippen MR) is 94.0 cm³/mol. The van der Waals surface area contributed by atoms with E-state index in [0.717, 1.165) is 16.9 Å². The number of thiocarbonyl (C=S) groups is 1. The Morgan fingerprint density at radius 3 is 2.38 bits per heavy atom. The number of halogens is 2. The van der Waals surface area contributed by atoms with Crippen LogP contribution in [0.1, 0.15) is 5.56 Å². The molecule has 110 valence electrons. The summed E-state index contributed by atoms with van der Waals surface area (Å²) in [5.41, 5.74) is 2.54. The van der Waals surface area contributed by atoms with Crippen LogP contribution in [0.25, 0.3) is 0 Å². The molecule has 6 heteroatoms. The van der Waals surface area contributed by atoms with Crippen molar-refractivity contribution in [3.8, 4) is 5.75 Å². The van der Waals surface area contributed by atoms with Gasteiger partial charge < -0.3 is 15.4 Å². The quantitative estimate of drug-likeness (QED) is 0.759. The van der Waals surface area contributed by atoms with Crippen LogP contribution in [0.15, 0.2) is 36.4 Å². The molecule has 0 saturated carbocycles. The normalized spacial score (nSPS) is 10.1. The topological polar surface area (TPSA) is 33.3 Å². The molecule has 2 N–H and O–H groups in total. The molecule has 0 heterocycles. The van der Waals surface area contributed by atoms with E-state index < -0.39 is 0 Å². The Bertz CT molecular complexity index is 659. The van der Waals surface area contributed by atoms with Gasteiger partial charge in [-0.3, -0.25) is 0 Å². The number of aryl methyl sites for hydroxylation is 1. The third-order valence-electron chi connectivity index (χ3n) is 2.83. The van der Waals surface area contributed by atoms with Crippen LogP contribution in [-0.2, 0) is 0 Å². The van der Waals surface area contributed by atoms with Gasteiger partial charge in [0.2, 0.25) is 0 Å². The van der Waals surface area contributed by atoms with Crippen LogP contribution < -0.4 is 15.4 Å². The minimum Gasteiger partial charge on any atom is -0.495 e. The molecule has 0 bridgehead atoms. The van der Waals surface area contributed by atoms with E-state index in [1.807, 2.05) is 25.1 Å². The lowest BCUT2D eigenvalue weighted by Crippen LogP contribution is -2.19. The molecule has 21 heavy (non-hydrogen) atoms. The molecule has 2 aromatic carbocycles. The van der Waals surface area contributed by atoms with Crippen molar-refractivity contribution in [3.63, 3.8) is 0 Å². The number of ether oxygens (including phenoxy) is 1. The van der Waals surface area contributed by atoms with Crippen LogP contribution in [0.2, 0.25) is 10.0 Å².